The Hall–Kier alpha value is -3.73. The van der Waals surface area contributed by atoms with Gasteiger partial charge in [-0.25, -0.2) is 4.31 Å². The summed E-state index contributed by atoms with van der Waals surface area (Å²) in [5.74, 6) is -0.686. The monoisotopic (exact) mass is 561 g/mol. The van der Waals surface area contributed by atoms with E-state index in [0.29, 0.717) is 18.0 Å². The summed E-state index contributed by atoms with van der Waals surface area (Å²) in [6.07, 6.45) is 1.44. The fourth-order valence-corrected chi connectivity index (χ4v) is 6.43. The van der Waals surface area contributed by atoms with Crippen molar-refractivity contribution in [2.45, 2.75) is 55.9 Å². The number of phenols is 2. The lowest BCUT2D eigenvalue weighted by Gasteiger charge is -2.40. The van der Waals surface area contributed by atoms with Gasteiger partial charge in [-0.15, -0.1) is 0 Å². The molecular weight excluding hydrogens is 526 g/mol. The van der Waals surface area contributed by atoms with Crippen molar-refractivity contribution in [3.05, 3.63) is 83.4 Å². The van der Waals surface area contributed by atoms with Crippen LogP contribution in [0.4, 0.5) is 5.69 Å². The molecule has 40 heavy (non-hydrogen) atoms. The van der Waals surface area contributed by atoms with E-state index in [4.69, 9.17) is 11.5 Å². The number of aromatic hydroxyl groups is 2. The molecule has 5 rings (SSSR count). The van der Waals surface area contributed by atoms with Crippen LogP contribution in [0.25, 0.3) is 0 Å². The largest absolute Gasteiger partial charge is 0.508 e. The highest BCUT2D eigenvalue weighted by Gasteiger charge is 2.31. The van der Waals surface area contributed by atoms with E-state index in [2.05, 4.69) is 39.5 Å². The third kappa shape index (κ3) is 6.52. The first-order valence-electron chi connectivity index (χ1n) is 13.5. The van der Waals surface area contributed by atoms with Crippen LogP contribution in [0.15, 0.2) is 71.6 Å². The van der Waals surface area contributed by atoms with Gasteiger partial charge in [0.2, 0.25) is 11.8 Å². The van der Waals surface area contributed by atoms with Crippen molar-refractivity contribution in [1.29, 1.82) is 0 Å². The Morgan fingerprint density at radius 1 is 0.975 bits per heavy atom. The maximum absolute atomic E-state index is 12.7. The van der Waals surface area contributed by atoms with Crippen LogP contribution in [0.2, 0.25) is 0 Å². The van der Waals surface area contributed by atoms with Gasteiger partial charge in [-0.05, 0) is 65.7 Å². The molecular formula is C30H35N5O4S. The zero-order valence-corrected chi connectivity index (χ0v) is 23.1. The number of piperidine rings is 1. The van der Waals surface area contributed by atoms with Crippen LogP contribution in [0.1, 0.15) is 36.0 Å². The smallest absolute Gasteiger partial charge is 0.240 e. The normalized spacial score (nSPS) is 16.5. The van der Waals surface area contributed by atoms with Crippen molar-refractivity contribution in [2.24, 2.45) is 11.5 Å². The quantitative estimate of drug-likeness (QED) is 0.292. The van der Waals surface area contributed by atoms with Crippen molar-refractivity contribution in [3.63, 3.8) is 0 Å². The fourth-order valence-electron chi connectivity index (χ4n) is 5.46. The van der Waals surface area contributed by atoms with Crippen molar-refractivity contribution < 1.29 is 19.8 Å². The topological polar surface area (TPSA) is 136 Å². The van der Waals surface area contributed by atoms with Crippen LogP contribution in [0.3, 0.4) is 0 Å². The average Bonchev–Trinajstić information content (AvgIpc) is 3.35. The first-order valence-corrected chi connectivity index (χ1v) is 14.2. The van der Waals surface area contributed by atoms with Gasteiger partial charge in [0.05, 0.1) is 17.4 Å². The summed E-state index contributed by atoms with van der Waals surface area (Å²) in [5, 5.41) is 19.8. The van der Waals surface area contributed by atoms with Gasteiger partial charge < -0.3 is 31.5 Å². The van der Waals surface area contributed by atoms with E-state index in [9.17, 15) is 19.8 Å². The molecule has 2 heterocycles. The first kappa shape index (κ1) is 27.8. The lowest BCUT2D eigenvalue weighted by atomic mass is 9.99. The Kier molecular flexibility index (Phi) is 8.49. The molecule has 2 amide bonds. The molecule has 9 nitrogen and oxygen atoms in total. The molecule has 3 aromatic carbocycles. The number of nitrogens with two attached hydrogens (primary N) is 2. The zero-order valence-electron chi connectivity index (χ0n) is 22.3. The van der Waals surface area contributed by atoms with E-state index >= 15 is 0 Å². The van der Waals surface area contributed by atoms with Crippen LogP contribution >= 0.6 is 11.9 Å². The molecule has 0 saturated carbocycles. The Balaban J connectivity index is 1.31. The van der Waals surface area contributed by atoms with Crippen LogP contribution in [-0.4, -0.2) is 56.4 Å². The molecule has 0 spiro atoms. The highest BCUT2D eigenvalue weighted by molar-refractivity contribution is 7.97. The van der Waals surface area contributed by atoms with Crippen molar-refractivity contribution in [1.82, 2.24) is 9.21 Å². The summed E-state index contributed by atoms with van der Waals surface area (Å²) < 4.78 is 2.20. The van der Waals surface area contributed by atoms with Crippen molar-refractivity contribution in [3.8, 4) is 11.5 Å². The Bertz CT molecular complexity index is 1360. The fraction of sp³-hybridized carbons (Fsp3) is 0.333. The van der Waals surface area contributed by atoms with Crippen LogP contribution < -0.4 is 16.4 Å². The molecule has 0 aromatic heterocycles. The lowest BCUT2D eigenvalue weighted by Crippen LogP contribution is -2.51. The molecule has 0 bridgehead atoms. The number of likely N-dealkylation sites (tertiary alicyclic amines) is 1. The van der Waals surface area contributed by atoms with Gasteiger partial charge in [-0.1, -0.05) is 36.4 Å². The summed E-state index contributed by atoms with van der Waals surface area (Å²) in [6, 6.07) is 21.0. The number of carbonyl (C=O) groups excluding carboxylic acids is 2. The van der Waals surface area contributed by atoms with Crippen molar-refractivity contribution in [2.75, 3.05) is 18.0 Å². The first-order chi connectivity index (χ1) is 19.3. The van der Waals surface area contributed by atoms with Crippen molar-refractivity contribution >= 4 is 29.4 Å². The highest BCUT2D eigenvalue weighted by atomic mass is 32.2. The van der Waals surface area contributed by atoms with Gasteiger partial charge in [0, 0.05) is 50.5 Å². The predicted octanol–water partition coefficient (Wildman–Crippen LogP) is 3.32. The van der Waals surface area contributed by atoms with Crippen LogP contribution in [0.5, 0.6) is 11.5 Å². The number of anilines is 1. The minimum Gasteiger partial charge on any atom is -0.508 e. The summed E-state index contributed by atoms with van der Waals surface area (Å²) in [5.41, 5.74) is 16.0. The number of primary amides is 1. The maximum Gasteiger partial charge on any atom is 0.240 e. The molecule has 2 aliphatic rings. The number of nitrogens with zero attached hydrogens (tertiary/aromatic N) is 3. The maximum atomic E-state index is 12.7. The minimum atomic E-state index is -0.893. The number of amides is 2. The molecule has 1 fully saturated rings. The average molecular weight is 562 g/mol. The van der Waals surface area contributed by atoms with Crippen LogP contribution in [-0.2, 0) is 29.2 Å². The van der Waals surface area contributed by atoms with E-state index in [1.54, 1.807) is 17.0 Å². The summed E-state index contributed by atoms with van der Waals surface area (Å²) in [7, 11) is 0. The van der Waals surface area contributed by atoms with Gasteiger partial charge >= 0.3 is 0 Å². The SMILES string of the molecule is NC(=O)CC(N)C(=O)N1CCC(N(Cc2ccccc2)c2ccc3c(c2)CN(Sc2ccc(O)cc2O)C3)CC1. The van der Waals surface area contributed by atoms with E-state index in [-0.39, 0.29) is 29.9 Å². The molecule has 10 heteroatoms. The molecule has 0 radical (unpaired) electrons. The third-order valence-electron chi connectivity index (χ3n) is 7.54. The van der Waals surface area contributed by atoms with Gasteiger partial charge in [-0.2, -0.15) is 0 Å². The molecule has 1 saturated heterocycles. The summed E-state index contributed by atoms with van der Waals surface area (Å²) >= 11 is 1.48. The van der Waals surface area contributed by atoms with E-state index in [1.807, 2.05) is 18.2 Å². The molecule has 1 unspecified atom stereocenters. The number of benzene rings is 3. The number of carbonyl (C=O) groups is 2. The van der Waals surface area contributed by atoms with Gasteiger partial charge in [0.25, 0.3) is 0 Å². The number of hydrogen-bond donors (Lipinski definition) is 4. The summed E-state index contributed by atoms with van der Waals surface area (Å²) in [6.45, 7) is 3.39. The standard InChI is InChI=1S/C30H35N5O4S/c31-26(16-29(32)38)30(39)33-12-10-23(11-13-33)35(17-20-4-2-1-3-5-20)24-7-6-21-18-34(19-22(21)14-24)40-28-9-8-25(36)15-27(28)37/h1-9,14-15,23,26,36-37H,10-13,16-19,31H2,(H2,32,38). The van der Waals surface area contributed by atoms with E-state index in [0.717, 1.165) is 38.2 Å². The second kappa shape index (κ2) is 12.2. The van der Waals surface area contributed by atoms with Gasteiger partial charge in [0.15, 0.2) is 0 Å². The van der Waals surface area contributed by atoms with Crippen LogP contribution in [0, 0.1) is 0 Å². The Morgan fingerprint density at radius 3 is 2.40 bits per heavy atom. The molecule has 2 aliphatic heterocycles. The number of phenolic OH excluding ortho intramolecular Hbond substituents is 2. The third-order valence-corrected chi connectivity index (χ3v) is 8.59. The minimum absolute atomic E-state index is 0.0402. The Morgan fingerprint density at radius 2 is 1.70 bits per heavy atom. The number of rotatable bonds is 9. The number of hydrogen-bond acceptors (Lipinski definition) is 8. The molecule has 6 N–H and O–H groups in total. The van der Waals surface area contributed by atoms with Gasteiger partial charge in [0.1, 0.15) is 11.5 Å². The predicted molar refractivity (Wildman–Crippen MR) is 155 cm³/mol. The van der Waals surface area contributed by atoms with E-state index < -0.39 is 11.9 Å². The second-order valence-corrected chi connectivity index (χ2v) is 11.6. The molecule has 1 atom stereocenters. The summed E-state index contributed by atoms with van der Waals surface area (Å²) in [4.78, 5) is 28.9. The number of fused-ring (bicyclic) bond motifs is 1. The zero-order chi connectivity index (χ0) is 28.2. The molecule has 210 valence electrons. The van der Waals surface area contributed by atoms with Gasteiger partial charge in [-0.3, -0.25) is 9.59 Å². The lowest BCUT2D eigenvalue weighted by molar-refractivity contribution is -0.135. The molecule has 0 aliphatic carbocycles. The second-order valence-electron chi connectivity index (χ2n) is 10.4. The highest BCUT2D eigenvalue weighted by Crippen LogP contribution is 2.39. The molecule has 3 aromatic rings. The Labute approximate surface area is 238 Å². The van der Waals surface area contributed by atoms with E-state index in [1.165, 1.54) is 34.7 Å².